The van der Waals surface area contributed by atoms with Gasteiger partial charge in [-0.1, -0.05) is 42.5 Å². The van der Waals surface area contributed by atoms with E-state index in [1.54, 1.807) is 19.3 Å². The van der Waals surface area contributed by atoms with Crippen LogP contribution in [0.3, 0.4) is 0 Å². The molecule has 198 valence electrons. The van der Waals surface area contributed by atoms with Crippen molar-refractivity contribution in [2.45, 2.75) is 45.2 Å². The molecular formula is C28H30F2N6O2. The number of hydrogen-bond donors (Lipinski definition) is 2. The summed E-state index contributed by atoms with van der Waals surface area (Å²) in [5.74, 6) is -0.710. The number of aryl methyl sites for hydroxylation is 1. The largest absolute Gasteiger partial charge is 0.359 e. The topological polar surface area (TPSA) is 91.6 Å². The third-order valence-electron chi connectivity index (χ3n) is 7.29. The maximum absolute atomic E-state index is 14.0. The van der Waals surface area contributed by atoms with Crippen molar-refractivity contribution in [3.8, 4) is 0 Å². The minimum Gasteiger partial charge on any atom is -0.359 e. The molecular weight excluding hydrogens is 490 g/mol. The van der Waals surface area contributed by atoms with Gasteiger partial charge in [-0.05, 0) is 38.0 Å². The summed E-state index contributed by atoms with van der Waals surface area (Å²) in [7, 11) is 0. The minimum absolute atomic E-state index is 0.0634. The maximum Gasteiger partial charge on any atom is 0.269 e. The second kappa shape index (κ2) is 10.4. The number of amides is 2. The van der Waals surface area contributed by atoms with Crippen molar-refractivity contribution < 1.29 is 18.4 Å². The standard InChI is InChI=1S/C28H30F2N6O2/c1-18-15-23(36(34-18)17-24(29)30)26(37)33-21-10-14-35(16-20(21)19-7-4-3-5-8-19)27(38)28(2)11-6-9-22-25(28)32-13-12-31-22/h3-9,11-13,15,20-21,24,31H,10,14,16-17H2,1-2H3,(H,33,37)/t20-,21-,28?/m1/s1. The van der Waals surface area contributed by atoms with Crippen LogP contribution >= 0.6 is 0 Å². The number of nitrogens with one attached hydrogen (secondary N) is 2. The number of carbonyl (C=O) groups excluding carboxylic acids is 2. The van der Waals surface area contributed by atoms with Crippen LogP contribution in [0.5, 0.6) is 0 Å². The van der Waals surface area contributed by atoms with Crippen LogP contribution < -0.4 is 10.6 Å². The molecule has 5 rings (SSSR count). The van der Waals surface area contributed by atoms with E-state index in [0.717, 1.165) is 15.9 Å². The van der Waals surface area contributed by atoms with Gasteiger partial charge >= 0.3 is 0 Å². The van der Waals surface area contributed by atoms with E-state index in [4.69, 9.17) is 0 Å². The Morgan fingerprint density at radius 2 is 2.05 bits per heavy atom. The summed E-state index contributed by atoms with van der Waals surface area (Å²) >= 11 is 0. The molecule has 8 nitrogen and oxygen atoms in total. The number of carbonyl (C=O) groups is 2. The van der Waals surface area contributed by atoms with Crippen LogP contribution in [0.15, 0.2) is 77.7 Å². The molecule has 3 atom stereocenters. The molecule has 3 aliphatic rings. The lowest BCUT2D eigenvalue weighted by Crippen LogP contribution is -2.56. The number of rotatable bonds is 6. The third-order valence-corrected chi connectivity index (χ3v) is 7.29. The van der Waals surface area contributed by atoms with E-state index in [-0.39, 0.29) is 23.6 Å². The molecule has 0 spiro atoms. The van der Waals surface area contributed by atoms with Gasteiger partial charge in [-0.25, -0.2) is 8.78 Å². The van der Waals surface area contributed by atoms with Gasteiger partial charge < -0.3 is 15.5 Å². The van der Waals surface area contributed by atoms with E-state index in [0.29, 0.717) is 30.9 Å². The highest BCUT2D eigenvalue weighted by Gasteiger charge is 2.45. The molecule has 2 N–H and O–H groups in total. The Morgan fingerprint density at radius 1 is 1.26 bits per heavy atom. The van der Waals surface area contributed by atoms with Crippen molar-refractivity contribution >= 4 is 17.5 Å². The average molecular weight is 521 g/mol. The Balaban J connectivity index is 1.39. The number of aromatic nitrogens is 2. The number of hydrogen-bond acceptors (Lipinski definition) is 5. The summed E-state index contributed by atoms with van der Waals surface area (Å²) < 4.78 is 27.2. The Bertz CT molecular complexity index is 1350. The lowest BCUT2D eigenvalue weighted by atomic mass is 9.77. The zero-order chi connectivity index (χ0) is 26.9. The van der Waals surface area contributed by atoms with Crippen molar-refractivity contribution in [2.75, 3.05) is 13.1 Å². The van der Waals surface area contributed by atoms with Crippen molar-refractivity contribution in [3.63, 3.8) is 0 Å². The van der Waals surface area contributed by atoms with Crippen LogP contribution in [0.25, 0.3) is 0 Å². The Hall–Kier alpha value is -4.08. The fraction of sp³-hybridized carbons (Fsp3) is 0.357. The summed E-state index contributed by atoms with van der Waals surface area (Å²) in [6, 6.07) is 10.9. The van der Waals surface area contributed by atoms with E-state index >= 15 is 0 Å². The average Bonchev–Trinajstić information content (AvgIpc) is 3.28. The molecule has 2 aromatic rings. The zero-order valence-electron chi connectivity index (χ0n) is 21.3. The zero-order valence-corrected chi connectivity index (χ0v) is 21.3. The molecule has 10 heteroatoms. The van der Waals surface area contributed by atoms with E-state index in [1.807, 2.05) is 60.4 Å². The number of alkyl halides is 2. The maximum atomic E-state index is 14.0. The SMILES string of the molecule is Cc1cc(C(=O)N[C@@H]2CCN(C(=O)C3(C)C=CC=C4NC=CN=C43)C[C@@H]2c2ccccc2)n(CC(F)F)n1. The van der Waals surface area contributed by atoms with Gasteiger partial charge in [0.1, 0.15) is 17.7 Å². The van der Waals surface area contributed by atoms with Crippen LogP contribution in [0.1, 0.15) is 41.0 Å². The van der Waals surface area contributed by atoms with Gasteiger partial charge in [-0.2, -0.15) is 5.10 Å². The fourth-order valence-corrected chi connectivity index (χ4v) is 5.42. The molecule has 38 heavy (non-hydrogen) atoms. The number of fused-ring (bicyclic) bond motifs is 1. The van der Waals surface area contributed by atoms with E-state index in [2.05, 4.69) is 20.7 Å². The first kappa shape index (κ1) is 25.6. The first-order chi connectivity index (χ1) is 18.3. The quantitative estimate of drug-likeness (QED) is 0.610. The van der Waals surface area contributed by atoms with Crippen LogP contribution in [0.4, 0.5) is 8.78 Å². The lowest BCUT2D eigenvalue weighted by Gasteiger charge is -2.43. The summed E-state index contributed by atoms with van der Waals surface area (Å²) in [5.41, 5.74) is 2.11. The fourth-order valence-electron chi connectivity index (χ4n) is 5.42. The van der Waals surface area contributed by atoms with Crippen molar-refractivity contribution in [3.05, 3.63) is 89.7 Å². The second-order valence-corrected chi connectivity index (χ2v) is 9.96. The second-order valence-electron chi connectivity index (χ2n) is 9.96. The number of halogens is 2. The van der Waals surface area contributed by atoms with Crippen LogP contribution in [-0.4, -0.2) is 57.8 Å². The highest BCUT2D eigenvalue weighted by atomic mass is 19.3. The number of nitrogens with zero attached hydrogens (tertiary/aromatic N) is 4. The molecule has 0 saturated carbocycles. The normalized spacial score (nSPS) is 24.4. The molecule has 1 saturated heterocycles. The molecule has 1 aromatic heterocycles. The minimum atomic E-state index is -2.63. The molecule has 1 fully saturated rings. The molecule has 0 bridgehead atoms. The smallest absolute Gasteiger partial charge is 0.269 e. The van der Waals surface area contributed by atoms with Gasteiger partial charge in [0.15, 0.2) is 0 Å². The first-order valence-corrected chi connectivity index (χ1v) is 12.6. The van der Waals surface area contributed by atoms with Gasteiger partial charge in [-0.15, -0.1) is 0 Å². The number of allylic oxidation sites excluding steroid dienone is 3. The summed E-state index contributed by atoms with van der Waals surface area (Å²) in [5, 5.41) is 10.3. The molecule has 1 aliphatic carbocycles. The summed E-state index contributed by atoms with van der Waals surface area (Å²) in [6.07, 6.45) is 6.89. The molecule has 2 amide bonds. The third kappa shape index (κ3) is 4.90. The van der Waals surface area contributed by atoms with E-state index in [1.165, 1.54) is 6.07 Å². The van der Waals surface area contributed by atoms with Gasteiger partial charge in [-0.3, -0.25) is 19.3 Å². The van der Waals surface area contributed by atoms with E-state index < -0.39 is 24.3 Å². The van der Waals surface area contributed by atoms with Gasteiger partial charge in [0.25, 0.3) is 12.3 Å². The van der Waals surface area contributed by atoms with Crippen molar-refractivity contribution in [2.24, 2.45) is 10.4 Å². The van der Waals surface area contributed by atoms with Crippen LogP contribution in [0, 0.1) is 12.3 Å². The Kier molecular flexibility index (Phi) is 6.96. The summed E-state index contributed by atoms with van der Waals surface area (Å²) in [4.78, 5) is 33.5. The van der Waals surface area contributed by atoms with Gasteiger partial charge in [0, 0.05) is 37.4 Å². The lowest BCUT2D eigenvalue weighted by molar-refractivity contribution is -0.137. The van der Waals surface area contributed by atoms with Gasteiger partial charge in [0.2, 0.25) is 5.91 Å². The molecule has 3 heterocycles. The Morgan fingerprint density at radius 3 is 2.82 bits per heavy atom. The summed E-state index contributed by atoms with van der Waals surface area (Å²) in [6.45, 7) is 3.71. The van der Waals surface area contributed by atoms with Crippen LogP contribution in [-0.2, 0) is 11.3 Å². The number of aliphatic imine (C=N–C) groups is 1. The van der Waals surface area contributed by atoms with Gasteiger partial charge in [0.05, 0.1) is 17.1 Å². The number of likely N-dealkylation sites (tertiary alicyclic amines) is 1. The van der Waals surface area contributed by atoms with Crippen molar-refractivity contribution in [1.29, 1.82) is 0 Å². The Labute approximate surface area is 219 Å². The molecule has 1 unspecified atom stereocenters. The monoisotopic (exact) mass is 520 g/mol. The van der Waals surface area contributed by atoms with Crippen molar-refractivity contribution in [1.82, 2.24) is 25.3 Å². The first-order valence-electron chi connectivity index (χ1n) is 12.6. The molecule has 0 radical (unpaired) electrons. The highest BCUT2D eigenvalue weighted by Crippen LogP contribution is 2.35. The predicted octanol–water partition coefficient (Wildman–Crippen LogP) is 3.55. The number of piperidine rings is 1. The molecule has 2 aliphatic heterocycles. The van der Waals surface area contributed by atoms with E-state index in [9.17, 15) is 18.4 Å². The number of benzene rings is 1. The molecule has 1 aromatic carbocycles. The highest BCUT2D eigenvalue weighted by molar-refractivity contribution is 6.19. The van der Waals surface area contributed by atoms with Crippen LogP contribution in [0.2, 0.25) is 0 Å². The predicted molar refractivity (Wildman–Crippen MR) is 140 cm³/mol.